The fourth-order valence-electron chi connectivity index (χ4n) is 1.15. The summed E-state index contributed by atoms with van der Waals surface area (Å²) in [6, 6.07) is 6.17. The van der Waals surface area contributed by atoms with Crippen LogP contribution in [-0.2, 0) is 10.0 Å². The van der Waals surface area contributed by atoms with Gasteiger partial charge in [0, 0.05) is 5.56 Å². The van der Waals surface area contributed by atoms with Crippen molar-refractivity contribution in [2.24, 2.45) is 0 Å². The zero-order valence-corrected chi connectivity index (χ0v) is 10.7. The van der Waals surface area contributed by atoms with E-state index in [1.165, 1.54) is 12.1 Å². The second-order valence-corrected chi connectivity index (χ2v) is 5.47. The molecule has 1 rings (SSSR count). The Kier molecular flexibility index (Phi) is 4.11. The molecule has 1 radical (unpaired) electrons. The van der Waals surface area contributed by atoms with Crippen molar-refractivity contribution in [3.05, 3.63) is 29.8 Å². The number of ether oxygens (including phenoxy) is 1. The molecule has 1 aromatic carbocycles. The van der Waals surface area contributed by atoms with Crippen molar-refractivity contribution >= 4 is 15.9 Å². The lowest BCUT2D eigenvalue weighted by atomic mass is 10.2. The molecular formula is C11H14NO4S. The van der Waals surface area contributed by atoms with E-state index < -0.39 is 15.9 Å². The average Bonchev–Trinajstić information content (AvgIpc) is 2.15. The van der Waals surface area contributed by atoms with Crippen molar-refractivity contribution < 1.29 is 17.9 Å². The van der Waals surface area contributed by atoms with Gasteiger partial charge in [0.25, 0.3) is 15.9 Å². The van der Waals surface area contributed by atoms with E-state index >= 15 is 0 Å². The molecule has 0 heterocycles. The monoisotopic (exact) mass is 256 g/mol. The Balaban J connectivity index is 2.77. The smallest absolute Gasteiger partial charge is 0.287 e. The average molecular weight is 256 g/mol. The zero-order valence-electron chi connectivity index (χ0n) is 9.88. The molecule has 0 atom stereocenters. The maximum Gasteiger partial charge on any atom is 0.287 e. The first-order valence-electron chi connectivity index (χ1n) is 5.02. The molecule has 5 nitrogen and oxygen atoms in total. The number of carbonyl (C=O) groups excluding carboxylic acids is 1. The van der Waals surface area contributed by atoms with Gasteiger partial charge in [-0.25, -0.2) is 8.42 Å². The van der Waals surface area contributed by atoms with Crippen LogP contribution in [0.2, 0.25) is 0 Å². The molecule has 0 aromatic heterocycles. The minimum Gasteiger partial charge on any atom is -0.491 e. The molecule has 0 unspecified atom stereocenters. The Morgan fingerprint density at radius 3 is 2.18 bits per heavy atom. The number of benzene rings is 1. The number of sulfonamides is 1. The second kappa shape index (κ2) is 5.18. The van der Waals surface area contributed by atoms with E-state index in [-0.39, 0.29) is 11.7 Å². The highest BCUT2D eigenvalue weighted by Gasteiger charge is 2.13. The van der Waals surface area contributed by atoms with Crippen LogP contribution >= 0.6 is 0 Å². The third-order valence-corrected chi connectivity index (χ3v) is 2.22. The Morgan fingerprint density at radius 1 is 1.24 bits per heavy atom. The maximum absolute atomic E-state index is 11.4. The minimum atomic E-state index is -3.66. The van der Waals surface area contributed by atoms with Crippen molar-refractivity contribution in [2.45, 2.75) is 20.0 Å². The van der Waals surface area contributed by atoms with Crippen molar-refractivity contribution in [3.8, 4) is 5.75 Å². The van der Waals surface area contributed by atoms with E-state index in [4.69, 9.17) is 4.74 Å². The van der Waals surface area contributed by atoms with Gasteiger partial charge in [-0.15, -0.1) is 4.72 Å². The van der Waals surface area contributed by atoms with E-state index in [0.29, 0.717) is 5.75 Å². The van der Waals surface area contributed by atoms with Crippen LogP contribution in [0.15, 0.2) is 24.3 Å². The third-order valence-electron chi connectivity index (χ3n) is 1.72. The van der Waals surface area contributed by atoms with Crippen LogP contribution in [-0.4, -0.2) is 26.7 Å². The molecule has 1 aromatic rings. The predicted molar refractivity (Wildman–Crippen MR) is 63.5 cm³/mol. The molecule has 6 heteroatoms. The first-order chi connectivity index (χ1) is 7.78. The van der Waals surface area contributed by atoms with Crippen LogP contribution in [0, 0.1) is 0 Å². The summed E-state index contributed by atoms with van der Waals surface area (Å²) in [5.41, 5.74) is 0.214. The van der Waals surface area contributed by atoms with Crippen LogP contribution in [0.1, 0.15) is 24.2 Å². The van der Waals surface area contributed by atoms with Gasteiger partial charge in [-0.2, -0.15) is 0 Å². The lowest BCUT2D eigenvalue weighted by molar-refractivity contribution is 0.0978. The first kappa shape index (κ1) is 13.5. The molecule has 0 N–H and O–H groups in total. The molecule has 17 heavy (non-hydrogen) atoms. The topological polar surface area (TPSA) is 74.5 Å². The van der Waals surface area contributed by atoms with Crippen molar-refractivity contribution in [2.75, 3.05) is 6.26 Å². The molecule has 0 saturated heterocycles. The SMILES string of the molecule is CC(C)Oc1ccc(C(=O)[N]S(C)(=O)=O)cc1. The molecule has 0 saturated carbocycles. The maximum atomic E-state index is 11.4. The Morgan fingerprint density at radius 2 is 1.76 bits per heavy atom. The molecule has 93 valence electrons. The number of amides is 1. The summed E-state index contributed by atoms with van der Waals surface area (Å²) < 4.78 is 30.1. The van der Waals surface area contributed by atoms with Crippen LogP contribution < -0.4 is 9.46 Å². The minimum absolute atomic E-state index is 0.0391. The van der Waals surface area contributed by atoms with Gasteiger partial charge < -0.3 is 4.74 Å². The highest BCUT2D eigenvalue weighted by Crippen LogP contribution is 2.14. The lowest BCUT2D eigenvalue weighted by Crippen LogP contribution is -2.21. The first-order valence-corrected chi connectivity index (χ1v) is 6.87. The van der Waals surface area contributed by atoms with E-state index in [9.17, 15) is 13.2 Å². The van der Waals surface area contributed by atoms with Crippen LogP contribution in [0.4, 0.5) is 0 Å². The molecule has 0 spiro atoms. The van der Waals surface area contributed by atoms with Crippen molar-refractivity contribution in [3.63, 3.8) is 0 Å². The summed E-state index contributed by atoms with van der Waals surface area (Å²) in [4.78, 5) is 11.4. The predicted octanol–water partition coefficient (Wildman–Crippen LogP) is 1.18. The fourth-order valence-corrected chi connectivity index (χ4v) is 1.56. The van der Waals surface area contributed by atoms with Crippen molar-refractivity contribution in [1.82, 2.24) is 4.72 Å². The molecule has 0 fully saturated rings. The van der Waals surface area contributed by atoms with Crippen LogP contribution in [0.25, 0.3) is 0 Å². The molecular weight excluding hydrogens is 242 g/mol. The Labute approximate surface area is 101 Å². The number of rotatable bonds is 4. The number of hydrogen-bond acceptors (Lipinski definition) is 4. The highest BCUT2D eigenvalue weighted by atomic mass is 32.2. The fraction of sp³-hybridized carbons (Fsp3) is 0.364. The zero-order chi connectivity index (χ0) is 13.1. The summed E-state index contributed by atoms with van der Waals surface area (Å²) in [5, 5.41) is 0. The molecule has 0 aliphatic heterocycles. The van der Waals surface area contributed by atoms with Gasteiger partial charge in [-0.3, -0.25) is 4.79 Å². The van der Waals surface area contributed by atoms with Gasteiger partial charge >= 0.3 is 0 Å². The van der Waals surface area contributed by atoms with E-state index in [1.807, 2.05) is 13.8 Å². The quantitative estimate of drug-likeness (QED) is 0.810. The largest absolute Gasteiger partial charge is 0.491 e. The standard InChI is InChI=1S/C11H14NO4S/c1-8(2)16-10-6-4-9(5-7-10)11(13)12-17(3,14)15/h4-8H,1-3H3. The van der Waals surface area contributed by atoms with Gasteiger partial charge in [0.2, 0.25) is 0 Å². The van der Waals surface area contributed by atoms with E-state index in [1.54, 1.807) is 12.1 Å². The number of hydrogen-bond donors (Lipinski definition) is 0. The summed E-state index contributed by atoms with van der Waals surface area (Å²) >= 11 is 0. The number of carbonyl (C=O) groups is 1. The van der Waals surface area contributed by atoms with Gasteiger partial charge in [0.1, 0.15) is 5.75 Å². The summed E-state index contributed by atoms with van der Waals surface area (Å²) in [6.45, 7) is 3.77. The molecule has 0 aliphatic carbocycles. The van der Waals surface area contributed by atoms with Gasteiger partial charge in [-0.1, -0.05) is 0 Å². The lowest BCUT2D eigenvalue weighted by Gasteiger charge is -2.09. The van der Waals surface area contributed by atoms with E-state index in [2.05, 4.69) is 4.72 Å². The Bertz CT molecular complexity index is 491. The molecule has 1 amide bonds. The second-order valence-electron chi connectivity index (χ2n) is 3.82. The summed E-state index contributed by atoms with van der Waals surface area (Å²) in [5.74, 6) is -0.153. The highest BCUT2D eigenvalue weighted by molar-refractivity contribution is 7.89. The van der Waals surface area contributed by atoms with Crippen LogP contribution in [0.3, 0.4) is 0 Å². The number of nitrogens with zero attached hydrogens (tertiary/aromatic N) is 1. The van der Waals surface area contributed by atoms with Gasteiger partial charge in [0.15, 0.2) is 0 Å². The summed E-state index contributed by atoms with van der Waals surface area (Å²) in [6.07, 6.45) is 0.915. The molecule has 0 bridgehead atoms. The third kappa shape index (κ3) is 4.86. The Hall–Kier alpha value is -1.56. The normalized spacial score (nSPS) is 11.3. The van der Waals surface area contributed by atoms with Gasteiger partial charge in [0.05, 0.1) is 12.4 Å². The van der Waals surface area contributed by atoms with Crippen molar-refractivity contribution in [1.29, 1.82) is 0 Å². The van der Waals surface area contributed by atoms with Crippen LogP contribution in [0.5, 0.6) is 5.75 Å². The van der Waals surface area contributed by atoms with E-state index in [0.717, 1.165) is 6.26 Å². The summed E-state index contributed by atoms with van der Waals surface area (Å²) in [7, 11) is -3.66. The van der Waals surface area contributed by atoms with Gasteiger partial charge in [-0.05, 0) is 38.1 Å². The molecule has 0 aliphatic rings.